The summed E-state index contributed by atoms with van der Waals surface area (Å²) in [7, 11) is 1.80. The Morgan fingerprint density at radius 1 is 1.29 bits per heavy atom. The Bertz CT molecular complexity index is 1060. The summed E-state index contributed by atoms with van der Waals surface area (Å²) in [6.45, 7) is 1.72. The SMILES string of the molecule is CC[C@@H](Nc1nc(Nc2cccc3c2cnn3C)c(C(N)=O)cc1F)C(N)=O. The fourth-order valence-electron chi connectivity index (χ4n) is 2.83. The minimum Gasteiger partial charge on any atom is -0.368 e. The molecule has 3 aromatic rings. The average molecular weight is 385 g/mol. The number of primary amides is 2. The number of carbonyl (C=O) groups excluding carboxylic acids is 2. The summed E-state index contributed by atoms with van der Waals surface area (Å²) < 4.78 is 16.1. The van der Waals surface area contributed by atoms with Crippen LogP contribution < -0.4 is 22.1 Å². The molecule has 1 atom stereocenters. The van der Waals surface area contributed by atoms with Gasteiger partial charge >= 0.3 is 0 Å². The van der Waals surface area contributed by atoms with Gasteiger partial charge in [-0.25, -0.2) is 9.37 Å². The van der Waals surface area contributed by atoms with Crippen molar-refractivity contribution in [1.29, 1.82) is 0 Å². The number of hydrogen-bond acceptors (Lipinski definition) is 6. The van der Waals surface area contributed by atoms with Crippen LogP contribution in [0.1, 0.15) is 23.7 Å². The van der Waals surface area contributed by atoms with Crippen LogP contribution in [0.5, 0.6) is 0 Å². The van der Waals surface area contributed by atoms with E-state index in [4.69, 9.17) is 11.5 Å². The number of halogens is 1. The van der Waals surface area contributed by atoms with Gasteiger partial charge in [-0.05, 0) is 24.6 Å². The van der Waals surface area contributed by atoms with Crippen molar-refractivity contribution in [2.24, 2.45) is 18.5 Å². The lowest BCUT2D eigenvalue weighted by molar-refractivity contribution is -0.118. The second-order valence-electron chi connectivity index (χ2n) is 6.22. The molecule has 0 bridgehead atoms. The molecule has 0 fully saturated rings. The zero-order valence-electron chi connectivity index (χ0n) is 15.4. The molecule has 10 heteroatoms. The number of amides is 2. The minimum absolute atomic E-state index is 0.0482. The first-order valence-corrected chi connectivity index (χ1v) is 8.55. The highest BCUT2D eigenvalue weighted by atomic mass is 19.1. The molecule has 0 saturated heterocycles. The van der Waals surface area contributed by atoms with E-state index in [2.05, 4.69) is 20.7 Å². The van der Waals surface area contributed by atoms with Gasteiger partial charge in [-0.2, -0.15) is 5.10 Å². The second kappa shape index (κ2) is 7.51. The quantitative estimate of drug-likeness (QED) is 0.487. The fourth-order valence-corrected chi connectivity index (χ4v) is 2.83. The van der Waals surface area contributed by atoms with E-state index < -0.39 is 23.7 Å². The number of anilines is 3. The predicted octanol–water partition coefficient (Wildman–Crippen LogP) is 1.63. The zero-order valence-corrected chi connectivity index (χ0v) is 15.4. The van der Waals surface area contributed by atoms with Gasteiger partial charge in [0.1, 0.15) is 11.9 Å². The Balaban J connectivity index is 2.06. The largest absolute Gasteiger partial charge is 0.368 e. The molecule has 0 saturated carbocycles. The zero-order chi connectivity index (χ0) is 20.4. The molecule has 0 aliphatic rings. The first-order valence-electron chi connectivity index (χ1n) is 8.55. The van der Waals surface area contributed by atoms with E-state index in [1.165, 1.54) is 0 Å². The maximum atomic E-state index is 14.4. The van der Waals surface area contributed by atoms with Crippen LogP contribution in [-0.2, 0) is 11.8 Å². The van der Waals surface area contributed by atoms with E-state index in [1.807, 2.05) is 6.07 Å². The summed E-state index contributed by atoms with van der Waals surface area (Å²) in [5.41, 5.74) is 12.0. The summed E-state index contributed by atoms with van der Waals surface area (Å²) in [6.07, 6.45) is 2.00. The molecule has 2 aromatic heterocycles. The van der Waals surface area contributed by atoms with E-state index in [0.717, 1.165) is 17.0 Å². The van der Waals surface area contributed by atoms with Crippen molar-refractivity contribution in [3.8, 4) is 0 Å². The van der Waals surface area contributed by atoms with Crippen molar-refractivity contribution in [1.82, 2.24) is 14.8 Å². The van der Waals surface area contributed by atoms with Crippen LogP contribution in [0.2, 0.25) is 0 Å². The summed E-state index contributed by atoms with van der Waals surface area (Å²) in [6, 6.07) is 5.62. The van der Waals surface area contributed by atoms with Crippen molar-refractivity contribution >= 4 is 40.0 Å². The molecule has 0 radical (unpaired) electrons. The van der Waals surface area contributed by atoms with Crippen molar-refractivity contribution in [3.63, 3.8) is 0 Å². The Morgan fingerprint density at radius 3 is 2.68 bits per heavy atom. The van der Waals surface area contributed by atoms with Crippen molar-refractivity contribution in [2.45, 2.75) is 19.4 Å². The molecule has 3 rings (SSSR count). The first kappa shape index (κ1) is 19.1. The molecule has 0 aliphatic heterocycles. The van der Waals surface area contributed by atoms with E-state index in [1.54, 1.807) is 37.0 Å². The third-order valence-electron chi connectivity index (χ3n) is 4.35. The third-order valence-corrected chi connectivity index (χ3v) is 4.35. The van der Waals surface area contributed by atoms with Gasteiger partial charge in [0.2, 0.25) is 5.91 Å². The molecule has 2 heterocycles. The molecular formula is C18H20FN7O2. The number of aryl methyl sites for hydroxylation is 1. The number of rotatable bonds is 7. The molecule has 9 nitrogen and oxygen atoms in total. The van der Waals surface area contributed by atoms with Crippen molar-refractivity contribution in [3.05, 3.63) is 41.8 Å². The first-order chi connectivity index (χ1) is 13.3. The monoisotopic (exact) mass is 385 g/mol. The lowest BCUT2D eigenvalue weighted by atomic mass is 10.1. The number of fused-ring (bicyclic) bond motifs is 1. The van der Waals surface area contributed by atoms with Gasteiger partial charge in [0.15, 0.2) is 11.6 Å². The normalized spacial score (nSPS) is 12.0. The molecule has 0 spiro atoms. The number of hydrogen-bond donors (Lipinski definition) is 4. The van der Waals surface area contributed by atoms with Gasteiger partial charge in [0.05, 0.1) is 23.0 Å². The lowest BCUT2D eigenvalue weighted by Crippen LogP contribution is -2.35. The van der Waals surface area contributed by atoms with Crippen LogP contribution in [0, 0.1) is 5.82 Å². The second-order valence-corrected chi connectivity index (χ2v) is 6.22. The summed E-state index contributed by atoms with van der Waals surface area (Å²) >= 11 is 0. The molecular weight excluding hydrogens is 365 g/mol. The molecule has 1 aromatic carbocycles. The average Bonchev–Trinajstić information content (AvgIpc) is 3.03. The molecule has 0 unspecified atom stereocenters. The number of aromatic nitrogens is 3. The van der Waals surface area contributed by atoms with E-state index in [0.29, 0.717) is 12.1 Å². The maximum Gasteiger partial charge on any atom is 0.252 e. The van der Waals surface area contributed by atoms with Gasteiger partial charge in [-0.15, -0.1) is 0 Å². The Morgan fingerprint density at radius 2 is 2.04 bits per heavy atom. The van der Waals surface area contributed by atoms with Crippen LogP contribution in [0.4, 0.5) is 21.7 Å². The van der Waals surface area contributed by atoms with Crippen LogP contribution >= 0.6 is 0 Å². The molecule has 0 aliphatic carbocycles. The molecule has 28 heavy (non-hydrogen) atoms. The van der Waals surface area contributed by atoms with Gasteiger partial charge in [-0.1, -0.05) is 13.0 Å². The fraction of sp³-hybridized carbons (Fsp3) is 0.222. The van der Waals surface area contributed by atoms with Gasteiger partial charge in [0.25, 0.3) is 5.91 Å². The van der Waals surface area contributed by atoms with Crippen LogP contribution in [-0.4, -0.2) is 32.6 Å². The number of nitrogens with zero attached hydrogens (tertiary/aromatic N) is 3. The number of carbonyl (C=O) groups is 2. The Kier molecular flexibility index (Phi) is 5.12. The molecule has 6 N–H and O–H groups in total. The molecule has 146 valence electrons. The smallest absolute Gasteiger partial charge is 0.252 e. The van der Waals surface area contributed by atoms with Gasteiger partial charge < -0.3 is 22.1 Å². The number of pyridine rings is 1. The highest BCUT2D eigenvalue weighted by Crippen LogP contribution is 2.28. The number of benzene rings is 1. The van der Waals surface area contributed by atoms with Crippen molar-refractivity contribution in [2.75, 3.05) is 10.6 Å². The van der Waals surface area contributed by atoms with E-state index in [9.17, 15) is 14.0 Å². The highest BCUT2D eigenvalue weighted by molar-refractivity contribution is 6.00. The maximum absolute atomic E-state index is 14.4. The van der Waals surface area contributed by atoms with Crippen molar-refractivity contribution < 1.29 is 14.0 Å². The number of nitrogens with one attached hydrogen (secondary N) is 2. The topological polar surface area (TPSA) is 141 Å². The summed E-state index contributed by atoms with van der Waals surface area (Å²) in [4.78, 5) is 27.4. The minimum atomic E-state index is -0.847. The van der Waals surface area contributed by atoms with Gasteiger partial charge in [0, 0.05) is 12.4 Å². The van der Waals surface area contributed by atoms with E-state index >= 15 is 0 Å². The lowest BCUT2D eigenvalue weighted by Gasteiger charge is -2.17. The van der Waals surface area contributed by atoms with Crippen LogP contribution in [0.25, 0.3) is 10.9 Å². The Hall–Kier alpha value is -3.69. The third kappa shape index (κ3) is 3.56. The number of nitrogens with two attached hydrogens (primary N) is 2. The van der Waals surface area contributed by atoms with Crippen LogP contribution in [0.15, 0.2) is 30.5 Å². The summed E-state index contributed by atoms with van der Waals surface area (Å²) in [5, 5.41) is 10.7. The van der Waals surface area contributed by atoms with E-state index in [-0.39, 0.29) is 17.2 Å². The van der Waals surface area contributed by atoms with Gasteiger partial charge in [-0.3, -0.25) is 14.3 Å². The summed E-state index contributed by atoms with van der Waals surface area (Å²) in [5.74, 6) is -2.47. The molecule has 2 amide bonds. The Labute approximate surface area is 159 Å². The standard InChI is InChI=1S/C18H20FN7O2/c1-3-12(16(21)28)23-18-11(19)7-9(15(20)27)17(25-18)24-13-5-4-6-14-10(13)8-22-26(14)2/h4-8,12H,3H2,1-2H3,(H2,20,27)(H2,21,28)(H2,23,24,25)/t12-/m1/s1. The predicted molar refractivity (Wildman–Crippen MR) is 104 cm³/mol. The highest BCUT2D eigenvalue weighted by Gasteiger charge is 2.20. The van der Waals surface area contributed by atoms with Crippen LogP contribution in [0.3, 0.4) is 0 Å².